The van der Waals surface area contributed by atoms with E-state index in [-0.39, 0.29) is 6.04 Å². The molecule has 3 atom stereocenters. The van der Waals surface area contributed by atoms with E-state index in [1.807, 2.05) is 6.07 Å². The van der Waals surface area contributed by atoms with Crippen LogP contribution in [0.15, 0.2) is 18.2 Å². The fourth-order valence-corrected chi connectivity index (χ4v) is 4.08. The van der Waals surface area contributed by atoms with Crippen molar-refractivity contribution >= 4 is 0 Å². The molecule has 2 N–H and O–H groups in total. The average Bonchev–Trinajstić information content (AvgIpc) is 2.93. The Balaban J connectivity index is 1.66. The number of aliphatic hydroxyl groups is 1. The summed E-state index contributed by atoms with van der Waals surface area (Å²) in [7, 11) is 0. The van der Waals surface area contributed by atoms with Gasteiger partial charge in [-0.05, 0) is 43.5 Å². The van der Waals surface area contributed by atoms with Gasteiger partial charge in [0.15, 0.2) is 11.5 Å². The van der Waals surface area contributed by atoms with Gasteiger partial charge < -0.3 is 19.9 Å². The summed E-state index contributed by atoms with van der Waals surface area (Å²) < 4.78 is 10.9. The fourth-order valence-electron chi connectivity index (χ4n) is 4.08. The molecule has 4 nitrogen and oxygen atoms in total. The van der Waals surface area contributed by atoms with E-state index in [1.54, 1.807) is 0 Å². The SMILES string of the molecule is OC12CCCCC1C(c1ccc3c(c1)OCO3)NCC2. The minimum absolute atomic E-state index is 0.226. The normalized spacial score (nSPS) is 35.6. The molecule has 1 aromatic carbocycles. The molecule has 0 amide bonds. The smallest absolute Gasteiger partial charge is 0.231 e. The second-order valence-corrected chi connectivity index (χ2v) is 6.25. The lowest BCUT2D eigenvalue weighted by atomic mass is 9.67. The molecule has 0 radical (unpaired) electrons. The first kappa shape index (κ1) is 12.5. The molecule has 108 valence electrons. The molecule has 1 aromatic rings. The predicted octanol–water partition coefficient (Wildman–Crippen LogP) is 2.37. The molecule has 0 spiro atoms. The Bertz CT molecular complexity index is 514. The molecular formula is C16H21NO3. The summed E-state index contributed by atoms with van der Waals surface area (Å²) in [4.78, 5) is 0. The van der Waals surface area contributed by atoms with E-state index >= 15 is 0 Å². The van der Waals surface area contributed by atoms with E-state index in [2.05, 4.69) is 17.4 Å². The molecule has 1 saturated carbocycles. The number of rotatable bonds is 1. The van der Waals surface area contributed by atoms with Crippen LogP contribution in [-0.4, -0.2) is 24.0 Å². The van der Waals surface area contributed by atoms with E-state index in [0.717, 1.165) is 43.7 Å². The zero-order chi connectivity index (χ0) is 13.6. The van der Waals surface area contributed by atoms with Gasteiger partial charge in [0.05, 0.1) is 5.60 Å². The highest BCUT2D eigenvalue weighted by atomic mass is 16.7. The van der Waals surface area contributed by atoms with Crippen LogP contribution in [0, 0.1) is 5.92 Å². The van der Waals surface area contributed by atoms with Crippen LogP contribution in [0.1, 0.15) is 43.7 Å². The van der Waals surface area contributed by atoms with E-state index in [0.29, 0.717) is 12.7 Å². The van der Waals surface area contributed by atoms with Crippen LogP contribution in [0.3, 0.4) is 0 Å². The molecule has 3 aliphatic rings. The van der Waals surface area contributed by atoms with Gasteiger partial charge in [-0.25, -0.2) is 0 Å². The van der Waals surface area contributed by atoms with Crippen LogP contribution in [-0.2, 0) is 0 Å². The van der Waals surface area contributed by atoms with Crippen molar-refractivity contribution in [2.75, 3.05) is 13.3 Å². The Kier molecular flexibility index (Phi) is 2.89. The lowest BCUT2D eigenvalue weighted by molar-refractivity contribution is -0.0861. The third-order valence-corrected chi connectivity index (χ3v) is 5.15. The number of hydrogen-bond acceptors (Lipinski definition) is 4. The number of fused-ring (bicyclic) bond motifs is 2. The second-order valence-electron chi connectivity index (χ2n) is 6.25. The van der Waals surface area contributed by atoms with Crippen LogP contribution < -0.4 is 14.8 Å². The maximum Gasteiger partial charge on any atom is 0.231 e. The Labute approximate surface area is 119 Å². The summed E-state index contributed by atoms with van der Waals surface area (Å²) in [6.45, 7) is 1.19. The maximum absolute atomic E-state index is 10.9. The Morgan fingerprint density at radius 1 is 1.15 bits per heavy atom. The first-order valence-corrected chi connectivity index (χ1v) is 7.62. The largest absolute Gasteiger partial charge is 0.454 e. The van der Waals surface area contributed by atoms with Crippen LogP contribution in [0.2, 0.25) is 0 Å². The average molecular weight is 275 g/mol. The maximum atomic E-state index is 10.9. The van der Waals surface area contributed by atoms with E-state index in [1.165, 1.54) is 12.0 Å². The van der Waals surface area contributed by atoms with Crippen molar-refractivity contribution < 1.29 is 14.6 Å². The third kappa shape index (κ3) is 1.90. The fraction of sp³-hybridized carbons (Fsp3) is 0.625. The first-order chi connectivity index (χ1) is 9.76. The zero-order valence-electron chi connectivity index (χ0n) is 11.6. The Hall–Kier alpha value is -1.26. The number of benzene rings is 1. The van der Waals surface area contributed by atoms with Gasteiger partial charge in [0.25, 0.3) is 0 Å². The van der Waals surface area contributed by atoms with Crippen LogP contribution >= 0.6 is 0 Å². The van der Waals surface area contributed by atoms with E-state index in [9.17, 15) is 5.11 Å². The van der Waals surface area contributed by atoms with Gasteiger partial charge in [-0.15, -0.1) is 0 Å². The predicted molar refractivity (Wildman–Crippen MR) is 74.8 cm³/mol. The molecule has 0 bridgehead atoms. The van der Waals surface area contributed by atoms with Crippen LogP contribution in [0.25, 0.3) is 0 Å². The van der Waals surface area contributed by atoms with Crippen LogP contribution in [0.5, 0.6) is 11.5 Å². The molecule has 2 aliphatic heterocycles. The summed E-state index contributed by atoms with van der Waals surface area (Å²) in [5, 5.41) is 14.5. The minimum Gasteiger partial charge on any atom is -0.454 e. The summed E-state index contributed by atoms with van der Waals surface area (Å²) in [6.07, 6.45) is 5.29. The standard InChI is InChI=1S/C16H21NO3/c18-16-6-2-1-3-12(16)15(17-8-7-16)11-4-5-13-14(9-11)20-10-19-13/h4-5,9,12,15,17-18H,1-3,6-8,10H2. The van der Waals surface area contributed by atoms with E-state index < -0.39 is 5.60 Å². The molecule has 4 heteroatoms. The van der Waals surface area contributed by atoms with Gasteiger partial charge in [-0.1, -0.05) is 18.9 Å². The van der Waals surface area contributed by atoms with E-state index in [4.69, 9.17) is 9.47 Å². The monoisotopic (exact) mass is 275 g/mol. The number of ether oxygens (including phenoxy) is 2. The molecule has 1 aliphatic carbocycles. The van der Waals surface area contributed by atoms with Crippen molar-refractivity contribution in [2.45, 2.75) is 43.7 Å². The van der Waals surface area contributed by atoms with Gasteiger partial charge in [-0.3, -0.25) is 0 Å². The van der Waals surface area contributed by atoms with Gasteiger partial charge >= 0.3 is 0 Å². The van der Waals surface area contributed by atoms with Crippen molar-refractivity contribution in [3.8, 4) is 11.5 Å². The zero-order valence-corrected chi connectivity index (χ0v) is 11.6. The third-order valence-electron chi connectivity index (χ3n) is 5.15. The van der Waals surface area contributed by atoms with Crippen molar-refractivity contribution in [1.82, 2.24) is 5.32 Å². The molecule has 20 heavy (non-hydrogen) atoms. The highest BCUT2D eigenvalue weighted by Crippen LogP contribution is 2.46. The Morgan fingerprint density at radius 2 is 2.05 bits per heavy atom. The van der Waals surface area contributed by atoms with Gasteiger partial charge in [0, 0.05) is 12.0 Å². The van der Waals surface area contributed by atoms with Gasteiger partial charge in [-0.2, -0.15) is 0 Å². The highest BCUT2D eigenvalue weighted by molar-refractivity contribution is 5.45. The molecule has 3 unspecified atom stereocenters. The molecule has 1 saturated heterocycles. The highest BCUT2D eigenvalue weighted by Gasteiger charge is 2.46. The Morgan fingerprint density at radius 3 is 3.00 bits per heavy atom. The van der Waals surface area contributed by atoms with Crippen molar-refractivity contribution in [3.05, 3.63) is 23.8 Å². The van der Waals surface area contributed by atoms with Crippen molar-refractivity contribution in [3.63, 3.8) is 0 Å². The molecule has 2 heterocycles. The molecular weight excluding hydrogens is 254 g/mol. The molecule has 0 aromatic heterocycles. The number of nitrogens with one attached hydrogen (secondary N) is 1. The van der Waals surface area contributed by atoms with Crippen LogP contribution in [0.4, 0.5) is 0 Å². The summed E-state index contributed by atoms with van der Waals surface area (Å²) in [5.41, 5.74) is 0.726. The molecule has 2 fully saturated rings. The van der Waals surface area contributed by atoms with Gasteiger partial charge in [0.2, 0.25) is 6.79 Å². The lowest BCUT2D eigenvalue weighted by Crippen LogP contribution is -2.53. The number of hydrogen-bond donors (Lipinski definition) is 2. The lowest BCUT2D eigenvalue weighted by Gasteiger charge is -2.48. The first-order valence-electron chi connectivity index (χ1n) is 7.62. The van der Waals surface area contributed by atoms with Gasteiger partial charge in [0.1, 0.15) is 0 Å². The summed E-state index contributed by atoms with van der Waals surface area (Å²) in [6, 6.07) is 6.38. The minimum atomic E-state index is -0.482. The topological polar surface area (TPSA) is 50.7 Å². The summed E-state index contributed by atoms with van der Waals surface area (Å²) in [5.74, 6) is 1.96. The van der Waals surface area contributed by atoms with Crippen molar-refractivity contribution in [2.24, 2.45) is 5.92 Å². The number of piperidine rings is 1. The van der Waals surface area contributed by atoms with Crippen molar-refractivity contribution in [1.29, 1.82) is 0 Å². The molecule has 4 rings (SSSR count). The quantitative estimate of drug-likeness (QED) is 0.826. The second kappa shape index (κ2) is 4.64. The summed E-state index contributed by atoms with van der Waals surface area (Å²) >= 11 is 0.